The van der Waals surface area contributed by atoms with E-state index < -0.39 is 42.3 Å². The minimum atomic E-state index is -3.24. The van der Waals surface area contributed by atoms with Crippen molar-refractivity contribution in [3.63, 3.8) is 0 Å². The maximum atomic E-state index is 14.4. The molecule has 0 radical (unpaired) electrons. The Morgan fingerprint density at radius 2 is 2.03 bits per heavy atom. The summed E-state index contributed by atoms with van der Waals surface area (Å²) in [4.78, 5) is 23.7. The zero-order chi connectivity index (χ0) is 21.2. The predicted molar refractivity (Wildman–Crippen MR) is 96.1 cm³/mol. The third kappa shape index (κ3) is 4.28. The first kappa shape index (κ1) is 20.5. The van der Waals surface area contributed by atoms with Gasteiger partial charge in [0.25, 0.3) is 5.91 Å². The Hall–Kier alpha value is -3.24. The summed E-state index contributed by atoms with van der Waals surface area (Å²) < 4.78 is 58.3. The number of aromatic nitrogens is 2. The number of aliphatic imine (C=N–C) groups is 1. The van der Waals surface area contributed by atoms with Gasteiger partial charge in [-0.15, -0.1) is 0 Å². The number of nitrogens with zero attached hydrogens (tertiary/aromatic N) is 3. The minimum Gasteiger partial charge on any atom is -0.445 e. The molecule has 1 aliphatic heterocycles. The van der Waals surface area contributed by atoms with E-state index >= 15 is 0 Å². The fraction of sp³-hybridized carbons (Fsp3) is 0.333. The van der Waals surface area contributed by atoms with Crippen molar-refractivity contribution in [3.05, 3.63) is 47.7 Å². The van der Waals surface area contributed by atoms with Crippen molar-refractivity contribution in [1.82, 2.24) is 9.97 Å². The van der Waals surface area contributed by atoms with Crippen LogP contribution in [0, 0.1) is 5.82 Å². The molecule has 1 aromatic heterocycles. The Bertz CT molecular complexity index is 952. The van der Waals surface area contributed by atoms with Crippen LogP contribution in [0.1, 0.15) is 35.8 Å². The highest BCUT2D eigenvalue weighted by Crippen LogP contribution is 2.41. The Kier molecular flexibility index (Phi) is 5.40. The molecule has 3 N–H and O–H groups in total. The van der Waals surface area contributed by atoms with E-state index in [0.717, 1.165) is 18.5 Å². The molecule has 29 heavy (non-hydrogen) atoms. The number of amides is 1. The van der Waals surface area contributed by atoms with Crippen molar-refractivity contribution in [2.24, 2.45) is 10.7 Å². The maximum absolute atomic E-state index is 14.4. The number of amidine groups is 1. The van der Waals surface area contributed by atoms with E-state index in [4.69, 9.17) is 5.73 Å². The van der Waals surface area contributed by atoms with Crippen LogP contribution in [-0.2, 0) is 5.54 Å². The average Bonchev–Trinajstić information content (AvgIpc) is 2.68. The normalized spacial score (nSPS) is 20.7. The van der Waals surface area contributed by atoms with E-state index in [-0.39, 0.29) is 29.2 Å². The minimum absolute atomic E-state index is 0.0199. The Labute approximate surface area is 163 Å². The number of hydrogen-bond acceptors (Lipinski definition) is 6. The number of rotatable bonds is 5. The first-order chi connectivity index (χ1) is 13.6. The lowest BCUT2D eigenvalue weighted by atomic mass is 9.83. The van der Waals surface area contributed by atoms with Crippen LogP contribution in [0.2, 0.25) is 0 Å². The summed E-state index contributed by atoms with van der Waals surface area (Å²) in [5.74, 6) is -5.51. The first-order valence-corrected chi connectivity index (χ1v) is 8.50. The second-order valence-electron chi connectivity index (χ2n) is 6.62. The van der Waals surface area contributed by atoms with Crippen LogP contribution in [0.5, 0.6) is 5.88 Å². The molecule has 1 aromatic carbocycles. The van der Waals surface area contributed by atoms with Crippen molar-refractivity contribution in [2.45, 2.75) is 31.2 Å². The number of hydrogen-bond donors (Lipinski definition) is 2. The molecule has 7 nitrogen and oxygen atoms in total. The highest BCUT2D eigenvalue weighted by Gasteiger charge is 2.44. The number of halogens is 4. The molecular weight excluding hydrogens is 394 g/mol. The summed E-state index contributed by atoms with van der Waals surface area (Å²) >= 11 is 0. The number of nitrogens with two attached hydrogens (primary N) is 1. The summed E-state index contributed by atoms with van der Waals surface area (Å²) in [5.41, 5.74) is 4.19. The summed E-state index contributed by atoms with van der Waals surface area (Å²) in [6, 6.07) is 3.71. The Morgan fingerprint density at radius 3 is 2.66 bits per heavy atom. The molecule has 154 valence electrons. The number of benzene rings is 1. The van der Waals surface area contributed by atoms with Gasteiger partial charge in [-0.25, -0.2) is 18.7 Å². The number of carbonyl (C=O) groups excluding carboxylic acids is 1. The van der Waals surface area contributed by atoms with Gasteiger partial charge in [0.15, 0.2) is 5.84 Å². The van der Waals surface area contributed by atoms with Crippen LogP contribution in [-0.4, -0.2) is 34.5 Å². The molecule has 0 fully saturated rings. The molecule has 11 heteroatoms. The van der Waals surface area contributed by atoms with Gasteiger partial charge in [-0.05, 0) is 31.5 Å². The quantitative estimate of drug-likeness (QED) is 0.736. The SMILES string of the molecule is C[C@@]1(c2cc(NC(=O)c3cnc(OCF)cn3)ccc2F)CCC(F)(F)C(N)=N1. The molecule has 1 aliphatic rings. The van der Waals surface area contributed by atoms with Gasteiger partial charge < -0.3 is 15.8 Å². The Balaban J connectivity index is 1.84. The third-order valence-electron chi connectivity index (χ3n) is 4.54. The lowest BCUT2D eigenvalue weighted by molar-refractivity contribution is 0.0465. The van der Waals surface area contributed by atoms with Crippen LogP contribution in [0.4, 0.5) is 23.2 Å². The standard InChI is InChI=1S/C18H17F4N5O2/c1-17(4-5-18(21,22)16(23)27-17)11-6-10(2-3-12(11)20)26-15(28)13-7-25-14(8-24-13)29-9-19/h2-3,6-8H,4-5,9H2,1H3,(H2,23,27)(H,26,28)/t17-/m0/s1. The maximum Gasteiger partial charge on any atom is 0.303 e. The summed E-state index contributed by atoms with van der Waals surface area (Å²) in [6.07, 6.45) is 1.46. The van der Waals surface area contributed by atoms with E-state index in [2.05, 4.69) is 25.0 Å². The highest BCUT2D eigenvalue weighted by molar-refractivity contribution is 6.02. The molecule has 0 saturated heterocycles. The Morgan fingerprint density at radius 1 is 1.28 bits per heavy atom. The fourth-order valence-corrected chi connectivity index (χ4v) is 2.90. The van der Waals surface area contributed by atoms with E-state index in [0.29, 0.717) is 0 Å². The lowest BCUT2D eigenvalue weighted by Crippen LogP contribution is -2.44. The number of anilines is 1. The van der Waals surface area contributed by atoms with Crippen molar-refractivity contribution in [2.75, 3.05) is 12.2 Å². The number of alkyl halides is 3. The topological polar surface area (TPSA) is 102 Å². The zero-order valence-electron chi connectivity index (χ0n) is 15.3. The van der Waals surface area contributed by atoms with Crippen LogP contribution in [0.15, 0.2) is 35.6 Å². The molecule has 0 saturated carbocycles. The van der Waals surface area contributed by atoms with Gasteiger partial charge in [-0.1, -0.05) is 0 Å². The second kappa shape index (κ2) is 7.64. The molecule has 1 atom stereocenters. The van der Waals surface area contributed by atoms with Crippen molar-refractivity contribution in [3.8, 4) is 5.88 Å². The van der Waals surface area contributed by atoms with Gasteiger partial charge in [0.2, 0.25) is 12.7 Å². The van der Waals surface area contributed by atoms with Crippen molar-refractivity contribution >= 4 is 17.4 Å². The van der Waals surface area contributed by atoms with E-state index in [1.54, 1.807) is 0 Å². The van der Waals surface area contributed by atoms with Crippen LogP contribution in [0.25, 0.3) is 0 Å². The number of carbonyl (C=O) groups is 1. The van der Waals surface area contributed by atoms with Gasteiger partial charge >= 0.3 is 5.92 Å². The summed E-state index contributed by atoms with van der Waals surface area (Å²) in [7, 11) is 0. The van der Waals surface area contributed by atoms with E-state index in [1.807, 2.05) is 0 Å². The molecule has 0 spiro atoms. The van der Waals surface area contributed by atoms with E-state index in [9.17, 15) is 22.4 Å². The highest BCUT2D eigenvalue weighted by atomic mass is 19.3. The largest absolute Gasteiger partial charge is 0.445 e. The number of ether oxygens (including phenoxy) is 1. The molecule has 0 unspecified atom stereocenters. The zero-order valence-corrected chi connectivity index (χ0v) is 15.3. The molecule has 0 aliphatic carbocycles. The van der Waals surface area contributed by atoms with Crippen molar-refractivity contribution in [1.29, 1.82) is 0 Å². The van der Waals surface area contributed by atoms with Crippen molar-refractivity contribution < 1.29 is 27.1 Å². The van der Waals surface area contributed by atoms with Gasteiger partial charge in [0.1, 0.15) is 11.5 Å². The second-order valence-corrected chi connectivity index (χ2v) is 6.62. The first-order valence-electron chi connectivity index (χ1n) is 8.50. The van der Waals surface area contributed by atoms with Crippen LogP contribution >= 0.6 is 0 Å². The van der Waals surface area contributed by atoms with Gasteiger partial charge in [0, 0.05) is 17.7 Å². The smallest absolute Gasteiger partial charge is 0.303 e. The third-order valence-corrected chi connectivity index (χ3v) is 4.54. The van der Waals surface area contributed by atoms with E-state index in [1.165, 1.54) is 19.1 Å². The number of nitrogens with one attached hydrogen (secondary N) is 1. The molecule has 2 aromatic rings. The fourth-order valence-electron chi connectivity index (χ4n) is 2.90. The van der Waals surface area contributed by atoms with Gasteiger partial charge in [-0.2, -0.15) is 8.78 Å². The van der Waals surface area contributed by atoms with Crippen LogP contribution < -0.4 is 15.8 Å². The molecule has 0 bridgehead atoms. The van der Waals surface area contributed by atoms with Crippen LogP contribution in [0.3, 0.4) is 0 Å². The average molecular weight is 411 g/mol. The molecular formula is C18H17F4N5O2. The predicted octanol–water partition coefficient (Wildman–Crippen LogP) is 3.18. The summed E-state index contributed by atoms with van der Waals surface area (Å²) in [5, 5.41) is 2.51. The molecule has 3 rings (SSSR count). The molecule has 1 amide bonds. The summed E-state index contributed by atoms with van der Waals surface area (Å²) in [6.45, 7) is 0.407. The van der Waals surface area contributed by atoms with Gasteiger partial charge in [-0.3, -0.25) is 9.79 Å². The monoisotopic (exact) mass is 411 g/mol. The molecule has 2 heterocycles. The lowest BCUT2D eigenvalue weighted by Gasteiger charge is -2.34. The van der Waals surface area contributed by atoms with Gasteiger partial charge in [0.05, 0.1) is 17.9 Å².